The topological polar surface area (TPSA) is 0 Å². The van der Waals surface area contributed by atoms with E-state index in [2.05, 4.69) is 93.5 Å². The third-order valence-electron chi connectivity index (χ3n) is 5.00. The first-order valence-corrected chi connectivity index (χ1v) is 8.82. The summed E-state index contributed by atoms with van der Waals surface area (Å²) in [7, 11) is 0. The van der Waals surface area contributed by atoms with Gasteiger partial charge in [0.1, 0.15) is 0 Å². The van der Waals surface area contributed by atoms with E-state index in [0.29, 0.717) is 0 Å². The van der Waals surface area contributed by atoms with E-state index in [9.17, 15) is 0 Å². The normalized spacial score (nSPS) is 11.8. The molecule has 0 aromatic heterocycles. The molecular formula is C24H34. The summed E-state index contributed by atoms with van der Waals surface area (Å²) in [4.78, 5) is 0. The minimum Gasteiger partial charge on any atom is -0.0764 e. The average molecular weight is 323 g/mol. The summed E-state index contributed by atoms with van der Waals surface area (Å²) in [6, 6.07) is 0. The van der Waals surface area contributed by atoms with Crippen molar-refractivity contribution < 1.29 is 0 Å². The van der Waals surface area contributed by atoms with Crippen molar-refractivity contribution in [2.45, 2.75) is 69.2 Å². The fourth-order valence-corrected chi connectivity index (χ4v) is 2.97. The van der Waals surface area contributed by atoms with E-state index in [1.54, 1.807) is 0 Å². The Bertz CT molecular complexity index is 710. The molecule has 0 nitrogen and oxygen atoms in total. The van der Waals surface area contributed by atoms with Crippen LogP contribution in [0.5, 0.6) is 0 Å². The summed E-state index contributed by atoms with van der Waals surface area (Å²) in [6.07, 6.45) is 8.85. The molecule has 0 radical (unpaired) electrons. The van der Waals surface area contributed by atoms with E-state index in [1.807, 2.05) is 0 Å². The zero-order chi connectivity index (χ0) is 18.6. The van der Waals surface area contributed by atoms with E-state index >= 15 is 0 Å². The molecule has 0 bridgehead atoms. The van der Waals surface area contributed by atoms with E-state index in [1.165, 1.54) is 55.7 Å². The summed E-state index contributed by atoms with van der Waals surface area (Å²) in [5, 5.41) is 0. The molecule has 0 N–H and O–H groups in total. The Hall–Kier alpha value is -1.82. The lowest BCUT2D eigenvalue weighted by Crippen LogP contribution is -2.02. The van der Waals surface area contributed by atoms with E-state index in [4.69, 9.17) is 0 Å². The minimum absolute atomic E-state index is 1.27. The SMILES string of the molecule is CC(C)=CC=C(C)C=CC(=C(C)C)c1c(C)c(C)c(C)c(C)c1C. The maximum Gasteiger partial charge on any atom is -0.0121 e. The fraction of sp³-hybridized carbons (Fsp3) is 0.417. The predicted octanol–water partition coefficient (Wildman–Crippen LogP) is 7.49. The third kappa shape index (κ3) is 4.60. The molecule has 0 aliphatic rings. The molecule has 0 unspecified atom stereocenters. The van der Waals surface area contributed by atoms with Gasteiger partial charge < -0.3 is 0 Å². The molecule has 1 aromatic carbocycles. The van der Waals surface area contributed by atoms with E-state index in [0.717, 1.165) is 0 Å². The summed E-state index contributed by atoms with van der Waals surface area (Å²) >= 11 is 0. The van der Waals surface area contributed by atoms with Crippen molar-refractivity contribution in [2.75, 3.05) is 0 Å². The Morgan fingerprint density at radius 3 is 1.46 bits per heavy atom. The summed E-state index contributed by atoms with van der Waals surface area (Å²) in [5.74, 6) is 0. The Morgan fingerprint density at radius 1 is 0.583 bits per heavy atom. The van der Waals surface area contributed by atoms with Crippen LogP contribution in [0.3, 0.4) is 0 Å². The molecule has 0 atom stereocenters. The van der Waals surface area contributed by atoms with Gasteiger partial charge >= 0.3 is 0 Å². The average Bonchev–Trinajstić information content (AvgIpc) is 2.51. The smallest absolute Gasteiger partial charge is 0.0121 e. The van der Waals surface area contributed by atoms with Gasteiger partial charge in [-0.3, -0.25) is 0 Å². The van der Waals surface area contributed by atoms with Crippen LogP contribution in [0, 0.1) is 34.6 Å². The van der Waals surface area contributed by atoms with Crippen molar-refractivity contribution in [1.29, 1.82) is 0 Å². The van der Waals surface area contributed by atoms with Crippen LogP contribution in [0.4, 0.5) is 0 Å². The summed E-state index contributed by atoms with van der Waals surface area (Å²) < 4.78 is 0. The molecule has 0 aliphatic heterocycles. The second-order valence-electron chi connectivity index (χ2n) is 7.40. The van der Waals surface area contributed by atoms with Gasteiger partial charge in [0.05, 0.1) is 0 Å². The van der Waals surface area contributed by atoms with Crippen LogP contribution in [0.1, 0.15) is 68.0 Å². The number of allylic oxidation sites excluding steroid dienone is 8. The maximum atomic E-state index is 2.28. The van der Waals surface area contributed by atoms with Crippen molar-refractivity contribution in [3.63, 3.8) is 0 Å². The summed E-state index contributed by atoms with van der Waals surface area (Å²) in [5.41, 5.74) is 13.8. The molecule has 0 heteroatoms. The first-order chi connectivity index (χ1) is 11.1. The molecule has 0 saturated carbocycles. The zero-order valence-corrected chi connectivity index (χ0v) is 17.3. The third-order valence-corrected chi connectivity index (χ3v) is 5.00. The van der Waals surface area contributed by atoms with Crippen LogP contribution in [-0.2, 0) is 0 Å². The second-order valence-corrected chi connectivity index (χ2v) is 7.40. The second kappa shape index (κ2) is 8.33. The Balaban J connectivity index is 3.49. The van der Waals surface area contributed by atoms with E-state index in [-0.39, 0.29) is 0 Å². The van der Waals surface area contributed by atoms with Crippen LogP contribution in [0.15, 0.2) is 41.0 Å². The molecule has 1 aromatic rings. The highest BCUT2D eigenvalue weighted by molar-refractivity contribution is 5.82. The van der Waals surface area contributed by atoms with Crippen LogP contribution < -0.4 is 0 Å². The van der Waals surface area contributed by atoms with Crippen LogP contribution in [-0.4, -0.2) is 0 Å². The Morgan fingerprint density at radius 2 is 1.04 bits per heavy atom. The highest BCUT2D eigenvalue weighted by atomic mass is 14.2. The molecular weight excluding hydrogens is 288 g/mol. The van der Waals surface area contributed by atoms with Gasteiger partial charge in [0.2, 0.25) is 0 Å². The lowest BCUT2D eigenvalue weighted by atomic mass is 9.84. The maximum absolute atomic E-state index is 2.28. The van der Waals surface area contributed by atoms with Crippen molar-refractivity contribution in [2.24, 2.45) is 0 Å². The number of benzene rings is 1. The van der Waals surface area contributed by atoms with Gasteiger partial charge in [-0.25, -0.2) is 0 Å². The molecule has 0 amide bonds. The highest BCUT2D eigenvalue weighted by Gasteiger charge is 2.14. The van der Waals surface area contributed by atoms with Crippen LogP contribution in [0.2, 0.25) is 0 Å². The largest absolute Gasteiger partial charge is 0.0764 e. The molecule has 0 heterocycles. The van der Waals surface area contributed by atoms with Gasteiger partial charge in [-0.15, -0.1) is 0 Å². The van der Waals surface area contributed by atoms with Gasteiger partial charge in [0, 0.05) is 0 Å². The van der Waals surface area contributed by atoms with Crippen LogP contribution >= 0.6 is 0 Å². The van der Waals surface area contributed by atoms with E-state index < -0.39 is 0 Å². The first-order valence-electron chi connectivity index (χ1n) is 8.82. The lowest BCUT2D eigenvalue weighted by Gasteiger charge is -2.20. The quantitative estimate of drug-likeness (QED) is 0.504. The standard InChI is InChI=1S/C24H34/c1-15(2)11-12-17(5)13-14-23(16(3)4)24-21(9)19(7)18(6)20(8)22(24)10/h11-14H,1-10H3. The molecule has 0 fully saturated rings. The minimum atomic E-state index is 1.27. The Labute approximate surface area is 149 Å². The number of hydrogen-bond donors (Lipinski definition) is 0. The predicted molar refractivity (Wildman–Crippen MR) is 111 cm³/mol. The number of hydrogen-bond acceptors (Lipinski definition) is 0. The van der Waals surface area contributed by atoms with Crippen molar-refractivity contribution in [3.05, 3.63) is 74.4 Å². The zero-order valence-electron chi connectivity index (χ0n) is 17.3. The molecule has 0 saturated heterocycles. The fourth-order valence-electron chi connectivity index (χ4n) is 2.97. The van der Waals surface area contributed by atoms with Gasteiger partial charge in [-0.1, -0.05) is 41.0 Å². The molecule has 1 rings (SSSR count). The highest BCUT2D eigenvalue weighted by Crippen LogP contribution is 2.33. The van der Waals surface area contributed by atoms with Crippen molar-refractivity contribution in [1.82, 2.24) is 0 Å². The lowest BCUT2D eigenvalue weighted by molar-refractivity contribution is 1.15. The summed E-state index contributed by atoms with van der Waals surface area (Å²) in [6.45, 7) is 22.1. The molecule has 24 heavy (non-hydrogen) atoms. The Kier molecular flexibility index (Phi) is 7.02. The van der Waals surface area contributed by atoms with Crippen molar-refractivity contribution >= 4 is 5.57 Å². The van der Waals surface area contributed by atoms with Gasteiger partial charge in [-0.05, 0) is 108 Å². The first kappa shape index (κ1) is 20.2. The monoisotopic (exact) mass is 322 g/mol. The van der Waals surface area contributed by atoms with Crippen molar-refractivity contribution in [3.8, 4) is 0 Å². The van der Waals surface area contributed by atoms with Gasteiger partial charge in [0.25, 0.3) is 0 Å². The van der Waals surface area contributed by atoms with Gasteiger partial charge in [0.15, 0.2) is 0 Å². The molecule has 0 aliphatic carbocycles. The number of rotatable bonds is 4. The molecule has 130 valence electrons. The van der Waals surface area contributed by atoms with Crippen LogP contribution in [0.25, 0.3) is 5.57 Å². The molecule has 0 spiro atoms. The van der Waals surface area contributed by atoms with Gasteiger partial charge in [-0.2, -0.15) is 0 Å².